The summed E-state index contributed by atoms with van der Waals surface area (Å²) in [5.74, 6) is 2.52. The van der Waals surface area contributed by atoms with Crippen molar-refractivity contribution >= 4 is 0 Å². The summed E-state index contributed by atoms with van der Waals surface area (Å²) in [4.78, 5) is 0. The van der Waals surface area contributed by atoms with Crippen LogP contribution < -0.4 is 0 Å². The van der Waals surface area contributed by atoms with Crippen molar-refractivity contribution in [2.24, 2.45) is 34.5 Å². The lowest BCUT2D eigenvalue weighted by Gasteiger charge is -2.44. The average molecular weight is 450 g/mol. The molecule has 33 heavy (non-hydrogen) atoms. The molecule has 3 saturated carbocycles. The second-order valence-electron chi connectivity index (χ2n) is 11.6. The lowest BCUT2D eigenvalue weighted by atomic mass is 9.61. The van der Waals surface area contributed by atoms with Gasteiger partial charge in [0.1, 0.15) is 0 Å². The fourth-order valence-corrected chi connectivity index (χ4v) is 6.50. The van der Waals surface area contributed by atoms with Crippen LogP contribution in [0.1, 0.15) is 113 Å². The van der Waals surface area contributed by atoms with Gasteiger partial charge in [-0.15, -0.1) is 12.8 Å². The first-order chi connectivity index (χ1) is 15.7. The van der Waals surface area contributed by atoms with Gasteiger partial charge in [0.05, 0.1) is 12.0 Å². The minimum absolute atomic E-state index is 0.251. The number of rotatable bonds is 4. The number of nitriles is 1. The Labute approximate surface area is 206 Å². The Bertz CT molecular complexity index is 735. The molecule has 0 N–H and O–H groups in total. The van der Waals surface area contributed by atoms with Crippen molar-refractivity contribution in [1.82, 2.24) is 0 Å². The van der Waals surface area contributed by atoms with Crippen LogP contribution in [0.4, 0.5) is 0 Å². The van der Waals surface area contributed by atoms with Crippen molar-refractivity contribution in [3.8, 4) is 18.9 Å². The maximum absolute atomic E-state index is 9.27. The van der Waals surface area contributed by atoms with E-state index in [1.165, 1.54) is 56.9 Å². The molecule has 0 aromatic heterocycles. The summed E-state index contributed by atoms with van der Waals surface area (Å²) in [5, 5.41) is 9.27. The molecule has 1 heteroatoms. The zero-order valence-electron chi connectivity index (χ0n) is 22.8. The summed E-state index contributed by atoms with van der Waals surface area (Å²) in [6.45, 7) is 16.0. The predicted molar refractivity (Wildman–Crippen MR) is 146 cm³/mol. The molecule has 184 valence electrons. The maximum Gasteiger partial charge on any atom is 0.0659 e. The molecule has 3 rings (SSSR count). The van der Waals surface area contributed by atoms with Crippen molar-refractivity contribution in [2.45, 2.75) is 113 Å². The van der Waals surface area contributed by atoms with Gasteiger partial charge >= 0.3 is 0 Å². The highest BCUT2D eigenvalue weighted by atomic mass is 14.5. The van der Waals surface area contributed by atoms with E-state index in [9.17, 15) is 5.26 Å². The van der Waals surface area contributed by atoms with Gasteiger partial charge < -0.3 is 0 Å². The molecule has 1 nitrogen and oxygen atoms in total. The van der Waals surface area contributed by atoms with Crippen LogP contribution in [-0.2, 0) is 0 Å². The molecule has 0 radical (unpaired) electrons. The second kappa shape index (κ2) is 13.9. The van der Waals surface area contributed by atoms with Crippen molar-refractivity contribution < 1.29 is 0 Å². The summed E-state index contributed by atoms with van der Waals surface area (Å²) in [7, 11) is 0. The zero-order valence-corrected chi connectivity index (χ0v) is 22.8. The molecule has 0 amide bonds. The molecular formula is C32H51N. The van der Waals surface area contributed by atoms with Crippen molar-refractivity contribution in [1.29, 1.82) is 5.26 Å². The number of terminal acetylenes is 1. The van der Waals surface area contributed by atoms with Crippen molar-refractivity contribution in [2.75, 3.05) is 0 Å². The SMILES string of the molecule is C#C.CC.C[C@H](/C=C/CC(C)(C)C)C1CCC2/C(=C/C=C3/CCCC(C#N)C3)CCCC21C. The fourth-order valence-electron chi connectivity index (χ4n) is 6.50. The predicted octanol–water partition coefficient (Wildman–Crippen LogP) is 9.67. The molecule has 3 aliphatic carbocycles. The molecule has 3 fully saturated rings. The van der Waals surface area contributed by atoms with Crippen molar-refractivity contribution in [3.63, 3.8) is 0 Å². The molecule has 0 spiro atoms. The van der Waals surface area contributed by atoms with Gasteiger partial charge in [-0.2, -0.15) is 5.26 Å². The number of hydrogen-bond acceptors (Lipinski definition) is 1. The Morgan fingerprint density at radius 2 is 1.79 bits per heavy atom. The smallest absolute Gasteiger partial charge is 0.0659 e. The molecule has 0 heterocycles. The van der Waals surface area contributed by atoms with Crippen LogP contribution >= 0.6 is 0 Å². The van der Waals surface area contributed by atoms with Gasteiger partial charge in [-0.05, 0) is 92.8 Å². The average Bonchev–Trinajstić information content (AvgIpc) is 3.17. The van der Waals surface area contributed by atoms with Crippen LogP contribution in [0.3, 0.4) is 0 Å². The van der Waals surface area contributed by atoms with Crippen molar-refractivity contribution in [3.05, 3.63) is 35.5 Å². The third-order valence-corrected chi connectivity index (χ3v) is 8.12. The van der Waals surface area contributed by atoms with Crippen LogP contribution in [0.5, 0.6) is 0 Å². The van der Waals surface area contributed by atoms with Gasteiger partial charge in [0, 0.05) is 0 Å². The van der Waals surface area contributed by atoms with E-state index in [0.29, 0.717) is 16.7 Å². The lowest BCUT2D eigenvalue weighted by Crippen LogP contribution is -2.35. The minimum Gasteiger partial charge on any atom is -0.198 e. The standard InChI is InChI=1S/C28H43N.C2H6.C2H2/c1-21(9-7-17-27(2,3)4)25-15-16-26-24(12-8-18-28(25,26)5)14-13-22-10-6-11-23(19-22)20-29;2*1-2/h7,9,13-14,21,23,25-26H,6,8,10-12,15-19H2,1-5H3;1-2H3;1-2H/b9-7+,22-13-,24-14+;;/t21-,23?,25?,26?,28?;;/m1../s1. The van der Waals surface area contributed by atoms with Crippen LogP contribution in [-0.4, -0.2) is 0 Å². The van der Waals surface area contributed by atoms with E-state index >= 15 is 0 Å². The van der Waals surface area contributed by atoms with Crippen LogP contribution in [0.2, 0.25) is 0 Å². The van der Waals surface area contributed by atoms with Crippen LogP contribution in [0.15, 0.2) is 35.5 Å². The van der Waals surface area contributed by atoms with E-state index in [2.05, 4.69) is 77.8 Å². The topological polar surface area (TPSA) is 23.8 Å². The van der Waals surface area contributed by atoms with Gasteiger partial charge in [-0.25, -0.2) is 0 Å². The Morgan fingerprint density at radius 3 is 2.42 bits per heavy atom. The first-order valence-corrected chi connectivity index (χ1v) is 13.5. The summed E-state index contributed by atoms with van der Waals surface area (Å²) in [5.41, 5.74) is 4.07. The maximum atomic E-state index is 9.27. The van der Waals surface area contributed by atoms with E-state index in [-0.39, 0.29) is 5.92 Å². The van der Waals surface area contributed by atoms with Gasteiger partial charge in [0.25, 0.3) is 0 Å². The molecule has 0 saturated heterocycles. The molecule has 3 aliphatic rings. The number of fused-ring (bicyclic) bond motifs is 1. The highest BCUT2D eigenvalue weighted by Gasteiger charge is 2.50. The van der Waals surface area contributed by atoms with E-state index in [4.69, 9.17) is 0 Å². The first kappa shape index (κ1) is 29.3. The van der Waals surface area contributed by atoms with Gasteiger partial charge in [0.15, 0.2) is 0 Å². The van der Waals surface area contributed by atoms with Gasteiger partial charge in [-0.3, -0.25) is 0 Å². The normalized spacial score (nSPS) is 32.8. The third kappa shape index (κ3) is 8.21. The second-order valence-corrected chi connectivity index (χ2v) is 11.6. The number of allylic oxidation sites excluding steroid dienone is 6. The van der Waals surface area contributed by atoms with Crippen LogP contribution in [0.25, 0.3) is 0 Å². The van der Waals surface area contributed by atoms with E-state index in [1.54, 1.807) is 5.57 Å². The van der Waals surface area contributed by atoms with Gasteiger partial charge in [-0.1, -0.05) is 83.9 Å². The van der Waals surface area contributed by atoms with Crippen LogP contribution in [0, 0.1) is 58.7 Å². The summed E-state index contributed by atoms with van der Waals surface area (Å²) in [6, 6.07) is 2.49. The highest BCUT2D eigenvalue weighted by molar-refractivity contribution is 5.26. The van der Waals surface area contributed by atoms with Gasteiger partial charge in [0.2, 0.25) is 0 Å². The number of nitrogens with zero attached hydrogens (tertiary/aromatic N) is 1. The molecule has 0 bridgehead atoms. The highest BCUT2D eigenvalue weighted by Crippen LogP contribution is 2.59. The Balaban J connectivity index is 0.00000129. The summed E-state index contributed by atoms with van der Waals surface area (Å²) >= 11 is 0. The van der Waals surface area contributed by atoms with E-state index < -0.39 is 0 Å². The Hall–Kier alpha value is -1.73. The molecule has 0 aromatic rings. The lowest BCUT2D eigenvalue weighted by molar-refractivity contribution is 0.112. The molecule has 0 aliphatic heterocycles. The summed E-state index contributed by atoms with van der Waals surface area (Å²) < 4.78 is 0. The quantitative estimate of drug-likeness (QED) is 0.309. The molecule has 0 aromatic carbocycles. The fraction of sp³-hybridized carbons (Fsp3) is 0.719. The molecule has 4 unspecified atom stereocenters. The minimum atomic E-state index is 0.251. The zero-order chi connectivity index (χ0) is 25.1. The number of hydrogen-bond donors (Lipinski definition) is 0. The monoisotopic (exact) mass is 449 g/mol. The Morgan fingerprint density at radius 1 is 1.09 bits per heavy atom. The van der Waals surface area contributed by atoms with E-state index in [1.807, 2.05) is 13.8 Å². The first-order valence-electron chi connectivity index (χ1n) is 13.5. The Kier molecular flexibility index (Phi) is 12.3. The molecular weight excluding hydrogens is 398 g/mol. The largest absolute Gasteiger partial charge is 0.198 e. The third-order valence-electron chi connectivity index (χ3n) is 8.12. The summed E-state index contributed by atoms with van der Waals surface area (Å²) in [6.07, 6.45) is 30.3. The molecule has 5 atom stereocenters. The van der Waals surface area contributed by atoms with E-state index in [0.717, 1.165) is 24.7 Å².